The first-order valence-electron chi connectivity index (χ1n) is 7.76. The van der Waals surface area contributed by atoms with Crippen LogP contribution in [0.4, 0.5) is 0 Å². The molecule has 1 aromatic heterocycles. The lowest BCUT2D eigenvalue weighted by molar-refractivity contribution is 0.0846. The summed E-state index contributed by atoms with van der Waals surface area (Å²) in [4.78, 5) is 39.7. The molecule has 0 saturated heterocycles. The van der Waals surface area contributed by atoms with E-state index < -0.39 is 11.8 Å². The number of aryl methyl sites for hydroxylation is 2. The SMILES string of the molecule is Cc1ccc(C(=O)NNC(=O)c2c[nH]c3c(C)cccc3c2=O)cc1. The number of hydrogen-bond acceptors (Lipinski definition) is 3. The number of pyridine rings is 1. The molecule has 126 valence electrons. The number of hydrazine groups is 1. The number of carbonyl (C=O) groups excluding carboxylic acids is 2. The minimum Gasteiger partial charge on any atom is -0.360 e. The van der Waals surface area contributed by atoms with Crippen molar-refractivity contribution in [3.8, 4) is 0 Å². The Kier molecular flexibility index (Phi) is 4.35. The van der Waals surface area contributed by atoms with Crippen LogP contribution in [0.1, 0.15) is 31.8 Å². The number of H-pyrrole nitrogens is 1. The number of nitrogens with one attached hydrogen (secondary N) is 3. The molecular weight excluding hydrogens is 318 g/mol. The minimum absolute atomic E-state index is 0.0673. The molecule has 6 heteroatoms. The smallest absolute Gasteiger partial charge is 0.275 e. The highest BCUT2D eigenvalue weighted by Crippen LogP contribution is 2.12. The first-order valence-corrected chi connectivity index (χ1v) is 7.76. The molecule has 6 nitrogen and oxygen atoms in total. The van der Waals surface area contributed by atoms with E-state index in [0.717, 1.165) is 11.1 Å². The third-order valence-corrected chi connectivity index (χ3v) is 3.97. The van der Waals surface area contributed by atoms with Gasteiger partial charge >= 0.3 is 0 Å². The number of amides is 2. The molecule has 25 heavy (non-hydrogen) atoms. The molecule has 1 heterocycles. The van der Waals surface area contributed by atoms with Crippen LogP contribution in [0.5, 0.6) is 0 Å². The average molecular weight is 335 g/mol. The van der Waals surface area contributed by atoms with Gasteiger partial charge in [-0.15, -0.1) is 0 Å². The summed E-state index contributed by atoms with van der Waals surface area (Å²) in [5, 5.41) is 0.428. The molecular formula is C19H17N3O3. The fourth-order valence-corrected chi connectivity index (χ4v) is 2.53. The van der Waals surface area contributed by atoms with Gasteiger partial charge in [0.05, 0.1) is 5.52 Å². The molecule has 0 unspecified atom stereocenters. The van der Waals surface area contributed by atoms with Crippen molar-refractivity contribution in [1.82, 2.24) is 15.8 Å². The fraction of sp³-hybridized carbons (Fsp3) is 0.105. The van der Waals surface area contributed by atoms with E-state index in [2.05, 4.69) is 15.8 Å². The Balaban J connectivity index is 1.79. The van der Waals surface area contributed by atoms with Gasteiger partial charge in [-0.1, -0.05) is 29.8 Å². The van der Waals surface area contributed by atoms with Crippen molar-refractivity contribution in [2.24, 2.45) is 0 Å². The van der Waals surface area contributed by atoms with E-state index in [9.17, 15) is 14.4 Å². The van der Waals surface area contributed by atoms with Crippen LogP contribution < -0.4 is 16.3 Å². The van der Waals surface area contributed by atoms with Gasteiger partial charge < -0.3 is 4.98 Å². The predicted octanol–water partition coefficient (Wildman–Crippen LogP) is 2.22. The molecule has 0 atom stereocenters. The van der Waals surface area contributed by atoms with Crippen LogP contribution in [0.15, 0.2) is 53.5 Å². The highest BCUT2D eigenvalue weighted by molar-refractivity contribution is 6.00. The summed E-state index contributed by atoms with van der Waals surface area (Å²) in [7, 11) is 0. The molecule has 0 bridgehead atoms. The second kappa shape index (κ2) is 6.60. The standard InChI is InChI=1S/C19H17N3O3/c1-11-6-8-13(9-7-11)18(24)21-22-19(25)15-10-20-16-12(2)4-3-5-14(16)17(15)23/h3-10H,1-2H3,(H,20,23)(H,21,24)(H,22,25). The Labute approximate surface area is 143 Å². The number of rotatable bonds is 2. The molecule has 3 N–H and O–H groups in total. The maximum absolute atomic E-state index is 12.5. The molecule has 0 spiro atoms. The Morgan fingerprint density at radius 3 is 2.32 bits per heavy atom. The van der Waals surface area contributed by atoms with Gasteiger partial charge in [0, 0.05) is 17.1 Å². The van der Waals surface area contributed by atoms with Crippen molar-refractivity contribution in [2.45, 2.75) is 13.8 Å². The van der Waals surface area contributed by atoms with Crippen molar-refractivity contribution < 1.29 is 9.59 Å². The van der Waals surface area contributed by atoms with E-state index in [1.165, 1.54) is 6.20 Å². The van der Waals surface area contributed by atoms with Gasteiger partial charge in [-0.05, 0) is 37.6 Å². The van der Waals surface area contributed by atoms with E-state index in [0.29, 0.717) is 16.5 Å². The molecule has 0 radical (unpaired) electrons. The fourth-order valence-electron chi connectivity index (χ4n) is 2.53. The second-order valence-corrected chi connectivity index (χ2v) is 5.80. The van der Waals surface area contributed by atoms with E-state index in [4.69, 9.17) is 0 Å². The number of carbonyl (C=O) groups is 2. The third kappa shape index (κ3) is 3.28. The second-order valence-electron chi connectivity index (χ2n) is 5.80. The van der Waals surface area contributed by atoms with Gasteiger partial charge in [0.2, 0.25) is 5.43 Å². The highest BCUT2D eigenvalue weighted by atomic mass is 16.2. The van der Waals surface area contributed by atoms with Crippen LogP contribution in [0.25, 0.3) is 10.9 Å². The quantitative estimate of drug-likeness (QED) is 0.627. The average Bonchev–Trinajstić information content (AvgIpc) is 2.61. The number of hydrogen-bond donors (Lipinski definition) is 3. The summed E-state index contributed by atoms with van der Waals surface area (Å²) in [6.45, 7) is 3.79. The van der Waals surface area contributed by atoms with Crippen LogP contribution in [-0.2, 0) is 0 Å². The monoisotopic (exact) mass is 335 g/mol. The zero-order valence-corrected chi connectivity index (χ0v) is 13.8. The minimum atomic E-state index is -0.676. The van der Waals surface area contributed by atoms with Crippen LogP contribution in [0.2, 0.25) is 0 Å². The van der Waals surface area contributed by atoms with Crippen molar-refractivity contribution >= 4 is 22.7 Å². The molecule has 0 fully saturated rings. The normalized spacial score (nSPS) is 10.5. The van der Waals surface area contributed by atoms with Crippen molar-refractivity contribution in [1.29, 1.82) is 0 Å². The number of aromatic nitrogens is 1. The summed E-state index contributed by atoms with van der Waals surface area (Å²) < 4.78 is 0. The van der Waals surface area contributed by atoms with E-state index >= 15 is 0 Å². The molecule has 2 aromatic carbocycles. The summed E-state index contributed by atoms with van der Waals surface area (Å²) in [6.07, 6.45) is 1.35. The number of para-hydroxylation sites is 1. The van der Waals surface area contributed by atoms with Gasteiger partial charge in [0.15, 0.2) is 0 Å². The van der Waals surface area contributed by atoms with E-state index in [1.807, 2.05) is 19.9 Å². The maximum Gasteiger partial charge on any atom is 0.275 e. The Hall–Kier alpha value is -3.41. The van der Waals surface area contributed by atoms with Crippen LogP contribution >= 0.6 is 0 Å². The van der Waals surface area contributed by atoms with Crippen molar-refractivity contribution in [3.05, 3.63) is 81.1 Å². The molecule has 0 saturated carbocycles. The first kappa shape index (κ1) is 16.4. The van der Waals surface area contributed by atoms with E-state index in [-0.39, 0.29) is 11.0 Å². The Morgan fingerprint density at radius 2 is 1.60 bits per heavy atom. The predicted molar refractivity (Wildman–Crippen MR) is 95.4 cm³/mol. The largest absolute Gasteiger partial charge is 0.360 e. The first-order chi connectivity index (χ1) is 12.0. The van der Waals surface area contributed by atoms with Gasteiger partial charge in [0.25, 0.3) is 11.8 Å². The zero-order chi connectivity index (χ0) is 18.0. The lowest BCUT2D eigenvalue weighted by Gasteiger charge is -2.08. The zero-order valence-electron chi connectivity index (χ0n) is 13.8. The van der Waals surface area contributed by atoms with Crippen LogP contribution in [0, 0.1) is 13.8 Å². The van der Waals surface area contributed by atoms with Gasteiger partial charge in [-0.2, -0.15) is 0 Å². The van der Waals surface area contributed by atoms with Crippen LogP contribution in [-0.4, -0.2) is 16.8 Å². The topological polar surface area (TPSA) is 91.1 Å². The van der Waals surface area contributed by atoms with Gasteiger partial charge in [0.1, 0.15) is 5.56 Å². The van der Waals surface area contributed by atoms with Crippen molar-refractivity contribution in [2.75, 3.05) is 0 Å². The molecule has 3 rings (SSSR count). The molecule has 2 amide bonds. The number of benzene rings is 2. The molecule has 0 aliphatic carbocycles. The summed E-state index contributed by atoms with van der Waals surface area (Å²) in [6, 6.07) is 12.2. The van der Waals surface area contributed by atoms with Gasteiger partial charge in [-0.3, -0.25) is 25.2 Å². The molecule has 0 aliphatic heterocycles. The molecule has 3 aromatic rings. The highest BCUT2D eigenvalue weighted by Gasteiger charge is 2.14. The lowest BCUT2D eigenvalue weighted by atomic mass is 10.1. The maximum atomic E-state index is 12.5. The van der Waals surface area contributed by atoms with Gasteiger partial charge in [-0.25, -0.2) is 0 Å². The van der Waals surface area contributed by atoms with Crippen LogP contribution in [0.3, 0.4) is 0 Å². The third-order valence-electron chi connectivity index (χ3n) is 3.97. The van der Waals surface area contributed by atoms with Crippen molar-refractivity contribution in [3.63, 3.8) is 0 Å². The summed E-state index contributed by atoms with van der Waals surface area (Å²) in [5.74, 6) is -1.13. The Morgan fingerprint density at radius 1 is 0.920 bits per heavy atom. The summed E-state index contributed by atoms with van der Waals surface area (Å²) in [5.41, 5.74) is 7.17. The number of aromatic amines is 1. The van der Waals surface area contributed by atoms with E-state index in [1.54, 1.807) is 36.4 Å². The lowest BCUT2D eigenvalue weighted by Crippen LogP contribution is -2.43. The number of fused-ring (bicyclic) bond motifs is 1. The molecule has 0 aliphatic rings. The Bertz CT molecular complexity index is 1020. The summed E-state index contributed by atoms with van der Waals surface area (Å²) >= 11 is 0.